The van der Waals surface area contributed by atoms with Crippen LogP contribution >= 0.6 is 0 Å². The standard InChI is InChI=1S/C9H19NO/c1-7(11)8(10)5-6-9(2,3)4/h8H,5-6,10H2,1-4H3. The van der Waals surface area contributed by atoms with E-state index >= 15 is 0 Å². The monoisotopic (exact) mass is 157 g/mol. The second-order valence-electron chi connectivity index (χ2n) is 4.32. The minimum atomic E-state index is -0.255. The quantitative estimate of drug-likeness (QED) is 0.678. The van der Waals surface area contributed by atoms with Gasteiger partial charge >= 0.3 is 0 Å². The van der Waals surface area contributed by atoms with Crippen LogP contribution in [0.1, 0.15) is 40.5 Å². The van der Waals surface area contributed by atoms with Gasteiger partial charge in [-0.1, -0.05) is 20.8 Å². The fourth-order valence-electron chi connectivity index (χ4n) is 0.792. The zero-order valence-electron chi connectivity index (χ0n) is 7.98. The number of rotatable bonds is 3. The van der Waals surface area contributed by atoms with Crippen LogP contribution in [0.25, 0.3) is 0 Å². The molecule has 1 unspecified atom stereocenters. The van der Waals surface area contributed by atoms with Crippen molar-refractivity contribution in [1.29, 1.82) is 0 Å². The van der Waals surface area contributed by atoms with E-state index in [2.05, 4.69) is 20.8 Å². The first-order valence-corrected chi connectivity index (χ1v) is 4.09. The second-order valence-corrected chi connectivity index (χ2v) is 4.32. The first-order valence-electron chi connectivity index (χ1n) is 4.09. The van der Waals surface area contributed by atoms with E-state index in [0.29, 0.717) is 0 Å². The third-order valence-electron chi connectivity index (χ3n) is 1.73. The molecule has 0 radical (unpaired) electrons. The van der Waals surface area contributed by atoms with Crippen LogP contribution in [-0.4, -0.2) is 11.8 Å². The Bertz CT molecular complexity index is 135. The molecule has 0 spiro atoms. The molecule has 0 aliphatic carbocycles. The van der Waals surface area contributed by atoms with Gasteiger partial charge in [-0.25, -0.2) is 0 Å². The topological polar surface area (TPSA) is 43.1 Å². The maximum atomic E-state index is 10.7. The highest BCUT2D eigenvalue weighted by atomic mass is 16.1. The van der Waals surface area contributed by atoms with E-state index in [4.69, 9.17) is 5.73 Å². The van der Waals surface area contributed by atoms with Crippen molar-refractivity contribution in [2.45, 2.75) is 46.6 Å². The Morgan fingerprint density at radius 2 is 1.91 bits per heavy atom. The van der Waals surface area contributed by atoms with Crippen molar-refractivity contribution >= 4 is 5.78 Å². The average Bonchev–Trinajstić information content (AvgIpc) is 1.80. The van der Waals surface area contributed by atoms with Gasteiger partial charge in [-0.3, -0.25) is 4.79 Å². The molecule has 2 heteroatoms. The third-order valence-corrected chi connectivity index (χ3v) is 1.73. The van der Waals surface area contributed by atoms with Crippen molar-refractivity contribution < 1.29 is 4.79 Å². The Labute approximate surface area is 69.2 Å². The summed E-state index contributed by atoms with van der Waals surface area (Å²) in [5, 5.41) is 0. The average molecular weight is 157 g/mol. The van der Waals surface area contributed by atoms with Crippen LogP contribution in [0.2, 0.25) is 0 Å². The molecule has 0 aliphatic heterocycles. The van der Waals surface area contributed by atoms with Crippen LogP contribution in [0.5, 0.6) is 0 Å². The van der Waals surface area contributed by atoms with Gasteiger partial charge < -0.3 is 5.73 Å². The largest absolute Gasteiger partial charge is 0.322 e. The minimum absolute atomic E-state index is 0.0919. The Morgan fingerprint density at radius 1 is 1.45 bits per heavy atom. The highest BCUT2D eigenvalue weighted by Crippen LogP contribution is 2.21. The molecule has 0 aromatic heterocycles. The van der Waals surface area contributed by atoms with Gasteiger partial charge in [0.2, 0.25) is 0 Å². The van der Waals surface area contributed by atoms with E-state index in [9.17, 15) is 4.79 Å². The van der Waals surface area contributed by atoms with Gasteiger partial charge in [0, 0.05) is 0 Å². The molecule has 0 heterocycles. The normalized spacial score (nSPS) is 14.6. The van der Waals surface area contributed by atoms with E-state index < -0.39 is 0 Å². The van der Waals surface area contributed by atoms with E-state index in [1.807, 2.05) is 0 Å². The maximum absolute atomic E-state index is 10.7. The molecule has 0 aromatic rings. The van der Waals surface area contributed by atoms with Crippen LogP contribution < -0.4 is 5.73 Å². The zero-order chi connectivity index (χ0) is 9.07. The number of nitrogens with two attached hydrogens (primary N) is 1. The number of hydrogen-bond acceptors (Lipinski definition) is 2. The lowest BCUT2D eigenvalue weighted by atomic mass is 9.88. The van der Waals surface area contributed by atoms with Gasteiger partial charge in [0.15, 0.2) is 0 Å². The lowest BCUT2D eigenvalue weighted by Gasteiger charge is -2.19. The van der Waals surface area contributed by atoms with Crippen LogP contribution in [0.3, 0.4) is 0 Å². The van der Waals surface area contributed by atoms with Gasteiger partial charge in [-0.15, -0.1) is 0 Å². The molecule has 0 bridgehead atoms. The lowest BCUT2D eigenvalue weighted by Crippen LogP contribution is -2.29. The van der Waals surface area contributed by atoms with Crippen LogP contribution in [0.15, 0.2) is 0 Å². The summed E-state index contributed by atoms with van der Waals surface area (Å²) in [6.45, 7) is 8.01. The number of carbonyl (C=O) groups is 1. The Balaban J connectivity index is 3.63. The van der Waals surface area contributed by atoms with Crippen LogP contribution in [-0.2, 0) is 4.79 Å². The third kappa shape index (κ3) is 6.05. The summed E-state index contributed by atoms with van der Waals surface area (Å²) < 4.78 is 0. The number of carbonyl (C=O) groups excluding carboxylic acids is 1. The predicted octanol–water partition coefficient (Wildman–Crippen LogP) is 1.73. The smallest absolute Gasteiger partial charge is 0.146 e. The Kier molecular flexibility index (Phi) is 3.73. The molecule has 1 atom stereocenters. The molecule has 0 fully saturated rings. The maximum Gasteiger partial charge on any atom is 0.146 e. The minimum Gasteiger partial charge on any atom is -0.322 e. The van der Waals surface area contributed by atoms with Crippen LogP contribution in [0.4, 0.5) is 0 Å². The Hall–Kier alpha value is -0.370. The molecule has 0 rings (SSSR count). The second kappa shape index (κ2) is 3.86. The van der Waals surface area contributed by atoms with Crippen molar-refractivity contribution in [2.75, 3.05) is 0 Å². The molecule has 0 amide bonds. The van der Waals surface area contributed by atoms with Crippen molar-refractivity contribution in [2.24, 2.45) is 11.1 Å². The fourth-order valence-corrected chi connectivity index (χ4v) is 0.792. The first kappa shape index (κ1) is 10.6. The first-order chi connectivity index (χ1) is 4.83. The van der Waals surface area contributed by atoms with Crippen molar-refractivity contribution in [3.8, 4) is 0 Å². The van der Waals surface area contributed by atoms with Crippen molar-refractivity contribution in [1.82, 2.24) is 0 Å². The number of ketones is 1. The van der Waals surface area contributed by atoms with E-state index in [-0.39, 0.29) is 17.2 Å². The van der Waals surface area contributed by atoms with Gasteiger partial charge in [-0.2, -0.15) is 0 Å². The molecule has 0 saturated heterocycles. The molecule has 0 aromatic carbocycles. The van der Waals surface area contributed by atoms with E-state index in [1.54, 1.807) is 6.92 Å². The predicted molar refractivity (Wildman–Crippen MR) is 47.3 cm³/mol. The summed E-state index contributed by atoms with van der Waals surface area (Å²) >= 11 is 0. The lowest BCUT2D eigenvalue weighted by molar-refractivity contribution is -0.118. The molecule has 0 aliphatic rings. The molecule has 2 nitrogen and oxygen atoms in total. The summed E-state index contributed by atoms with van der Waals surface area (Å²) in [4.78, 5) is 10.7. The van der Waals surface area contributed by atoms with E-state index in [1.165, 1.54) is 0 Å². The van der Waals surface area contributed by atoms with Gasteiger partial charge in [0.05, 0.1) is 6.04 Å². The molecular formula is C9H19NO. The highest BCUT2D eigenvalue weighted by molar-refractivity contribution is 5.81. The van der Waals surface area contributed by atoms with Crippen molar-refractivity contribution in [3.63, 3.8) is 0 Å². The van der Waals surface area contributed by atoms with Crippen molar-refractivity contribution in [3.05, 3.63) is 0 Å². The molecule has 66 valence electrons. The highest BCUT2D eigenvalue weighted by Gasteiger charge is 2.14. The van der Waals surface area contributed by atoms with Gasteiger partial charge in [0.1, 0.15) is 5.78 Å². The summed E-state index contributed by atoms with van der Waals surface area (Å²) in [6.07, 6.45) is 1.81. The fraction of sp³-hybridized carbons (Fsp3) is 0.889. The summed E-state index contributed by atoms with van der Waals surface area (Å²) in [5.41, 5.74) is 5.86. The Morgan fingerprint density at radius 3 is 2.18 bits per heavy atom. The number of Topliss-reactive ketones (excluding diaryl/α,β-unsaturated/α-hetero) is 1. The van der Waals surface area contributed by atoms with Gasteiger partial charge in [-0.05, 0) is 25.2 Å². The molecule has 11 heavy (non-hydrogen) atoms. The number of hydrogen-bond donors (Lipinski definition) is 1. The van der Waals surface area contributed by atoms with Gasteiger partial charge in [0.25, 0.3) is 0 Å². The van der Waals surface area contributed by atoms with E-state index in [0.717, 1.165) is 12.8 Å². The summed E-state index contributed by atoms with van der Waals surface area (Å²) in [5.74, 6) is 0.0919. The SMILES string of the molecule is CC(=O)C(N)CCC(C)(C)C. The zero-order valence-corrected chi connectivity index (χ0v) is 7.98. The molecular weight excluding hydrogens is 138 g/mol. The molecule has 2 N–H and O–H groups in total. The summed E-state index contributed by atoms with van der Waals surface area (Å²) in [6, 6.07) is -0.255. The summed E-state index contributed by atoms with van der Waals surface area (Å²) in [7, 11) is 0. The van der Waals surface area contributed by atoms with Crippen LogP contribution in [0, 0.1) is 5.41 Å². The molecule has 0 saturated carbocycles.